The van der Waals surface area contributed by atoms with Crippen molar-refractivity contribution in [3.05, 3.63) is 47.6 Å². The minimum atomic E-state index is -0.192. The molecule has 0 aliphatic heterocycles. The van der Waals surface area contributed by atoms with E-state index in [-0.39, 0.29) is 12.5 Å². The second kappa shape index (κ2) is 5.66. The Bertz CT molecular complexity index is 727. The Labute approximate surface area is 120 Å². The van der Waals surface area contributed by atoms with Crippen LogP contribution in [-0.4, -0.2) is 21.3 Å². The molecule has 3 aromatic rings. The van der Waals surface area contributed by atoms with E-state index in [0.717, 1.165) is 12.1 Å². The average Bonchev–Trinajstić information content (AvgIpc) is 3.24. The number of aromatic nitrogens is 3. The SMILES string of the molecule is CCc1[nH]ncc1C(=O)NCc1cc(-c2ccco2)on1. The van der Waals surface area contributed by atoms with Crippen LogP contribution in [0, 0.1) is 0 Å². The molecule has 0 atom stereocenters. The standard InChI is InChI=1S/C14H14N4O3/c1-2-11-10(8-16-17-11)14(19)15-7-9-6-13(21-18-9)12-4-3-5-20-12/h3-6,8H,2,7H2,1H3,(H,15,19)(H,16,17). The smallest absolute Gasteiger partial charge is 0.255 e. The number of nitrogens with zero attached hydrogens (tertiary/aromatic N) is 2. The maximum Gasteiger partial charge on any atom is 0.255 e. The van der Waals surface area contributed by atoms with Crippen LogP contribution in [-0.2, 0) is 13.0 Å². The summed E-state index contributed by atoms with van der Waals surface area (Å²) in [6, 6.07) is 5.28. The van der Waals surface area contributed by atoms with E-state index in [2.05, 4.69) is 20.7 Å². The predicted molar refractivity (Wildman–Crippen MR) is 73.3 cm³/mol. The number of furan rings is 1. The predicted octanol–water partition coefficient (Wildman–Crippen LogP) is 2.15. The minimum Gasteiger partial charge on any atom is -0.461 e. The molecule has 0 fully saturated rings. The van der Waals surface area contributed by atoms with E-state index in [1.807, 2.05) is 6.92 Å². The Kier molecular flexibility index (Phi) is 3.55. The number of rotatable bonds is 5. The Morgan fingerprint density at radius 2 is 2.33 bits per heavy atom. The van der Waals surface area contributed by atoms with Gasteiger partial charge in [0.2, 0.25) is 5.76 Å². The number of carbonyl (C=O) groups is 1. The first-order valence-corrected chi connectivity index (χ1v) is 6.58. The molecule has 3 aromatic heterocycles. The zero-order valence-corrected chi connectivity index (χ0v) is 11.4. The van der Waals surface area contributed by atoms with Crippen molar-refractivity contribution >= 4 is 5.91 Å². The summed E-state index contributed by atoms with van der Waals surface area (Å²) < 4.78 is 10.4. The number of nitrogens with one attached hydrogen (secondary N) is 2. The highest BCUT2D eigenvalue weighted by Crippen LogP contribution is 2.20. The summed E-state index contributed by atoms with van der Waals surface area (Å²) in [4.78, 5) is 12.0. The lowest BCUT2D eigenvalue weighted by molar-refractivity contribution is 0.0949. The minimum absolute atomic E-state index is 0.192. The summed E-state index contributed by atoms with van der Waals surface area (Å²) in [6.45, 7) is 2.23. The van der Waals surface area contributed by atoms with E-state index in [4.69, 9.17) is 8.94 Å². The lowest BCUT2D eigenvalue weighted by Gasteiger charge is -2.02. The van der Waals surface area contributed by atoms with Gasteiger partial charge in [-0.3, -0.25) is 9.89 Å². The third-order valence-electron chi connectivity index (χ3n) is 3.07. The fraction of sp³-hybridized carbons (Fsp3) is 0.214. The molecule has 0 spiro atoms. The van der Waals surface area contributed by atoms with E-state index in [1.165, 1.54) is 6.20 Å². The van der Waals surface area contributed by atoms with Crippen molar-refractivity contribution in [3.63, 3.8) is 0 Å². The molecule has 0 aromatic carbocycles. The fourth-order valence-corrected chi connectivity index (χ4v) is 1.97. The third-order valence-corrected chi connectivity index (χ3v) is 3.07. The zero-order chi connectivity index (χ0) is 14.7. The number of amides is 1. The van der Waals surface area contributed by atoms with Crippen molar-refractivity contribution < 1.29 is 13.7 Å². The third kappa shape index (κ3) is 2.71. The maximum absolute atomic E-state index is 12.0. The van der Waals surface area contributed by atoms with E-state index < -0.39 is 0 Å². The molecule has 1 amide bonds. The number of hydrogen-bond donors (Lipinski definition) is 2. The lowest BCUT2D eigenvalue weighted by Crippen LogP contribution is -2.23. The van der Waals surface area contributed by atoms with Crippen LogP contribution in [0.5, 0.6) is 0 Å². The highest BCUT2D eigenvalue weighted by molar-refractivity contribution is 5.94. The summed E-state index contributed by atoms with van der Waals surface area (Å²) >= 11 is 0. The lowest BCUT2D eigenvalue weighted by atomic mass is 10.2. The molecular formula is C14H14N4O3. The van der Waals surface area contributed by atoms with Gasteiger partial charge in [-0.2, -0.15) is 5.10 Å². The first-order valence-electron chi connectivity index (χ1n) is 6.58. The van der Waals surface area contributed by atoms with E-state index in [1.54, 1.807) is 24.5 Å². The first kappa shape index (κ1) is 13.2. The van der Waals surface area contributed by atoms with Crippen LogP contribution in [0.25, 0.3) is 11.5 Å². The van der Waals surface area contributed by atoms with Gasteiger partial charge in [-0.1, -0.05) is 12.1 Å². The molecule has 3 rings (SSSR count). The van der Waals surface area contributed by atoms with Crippen LogP contribution < -0.4 is 5.32 Å². The number of aromatic amines is 1. The fourth-order valence-electron chi connectivity index (χ4n) is 1.97. The van der Waals surface area contributed by atoms with Gasteiger partial charge in [0.1, 0.15) is 5.69 Å². The molecule has 0 saturated carbocycles. The molecule has 0 unspecified atom stereocenters. The molecule has 0 bridgehead atoms. The average molecular weight is 286 g/mol. The highest BCUT2D eigenvalue weighted by Gasteiger charge is 2.14. The van der Waals surface area contributed by atoms with Crippen LogP contribution >= 0.6 is 0 Å². The Morgan fingerprint density at radius 1 is 1.43 bits per heavy atom. The molecular weight excluding hydrogens is 272 g/mol. The van der Waals surface area contributed by atoms with Crippen LogP contribution in [0.1, 0.15) is 28.7 Å². The van der Waals surface area contributed by atoms with Gasteiger partial charge < -0.3 is 14.3 Å². The first-order chi connectivity index (χ1) is 10.3. The largest absolute Gasteiger partial charge is 0.461 e. The van der Waals surface area contributed by atoms with Crippen LogP contribution in [0.4, 0.5) is 0 Å². The molecule has 108 valence electrons. The van der Waals surface area contributed by atoms with Gasteiger partial charge in [-0.25, -0.2) is 0 Å². The number of hydrogen-bond acceptors (Lipinski definition) is 5. The van der Waals surface area contributed by atoms with Gasteiger partial charge in [0.15, 0.2) is 5.76 Å². The Balaban J connectivity index is 1.64. The van der Waals surface area contributed by atoms with Gasteiger partial charge in [-0.15, -0.1) is 0 Å². The van der Waals surface area contributed by atoms with Crippen molar-refractivity contribution in [2.24, 2.45) is 0 Å². The quantitative estimate of drug-likeness (QED) is 0.749. The second-order valence-electron chi connectivity index (χ2n) is 4.46. The maximum atomic E-state index is 12.0. The summed E-state index contributed by atoms with van der Waals surface area (Å²) in [5.41, 5.74) is 1.98. The number of aryl methyl sites for hydroxylation is 1. The number of carbonyl (C=O) groups excluding carboxylic acids is 1. The topological polar surface area (TPSA) is 97.0 Å². The van der Waals surface area contributed by atoms with E-state index in [0.29, 0.717) is 22.8 Å². The van der Waals surface area contributed by atoms with Crippen molar-refractivity contribution in [3.8, 4) is 11.5 Å². The number of H-pyrrole nitrogens is 1. The van der Waals surface area contributed by atoms with Gasteiger partial charge in [0, 0.05) is 11.8 Å². The normalized spacial score (nSPS) is 10.7. The summed E-state index contributed by atoms with van der Waals surface area (Å²) in [5, 5.41) is 13.4. The van der Waals surface area contributed by atoms with Gasteiger partial charge in [0.25, 0.3) is 5.91 Å². The zero-order valence-electron chi connectivity index (χ0n) is 11.4. The second-order valence-corrected chi connectivity index (χ2v) is 4.46. The van der Waals surface area contributed by atoms with Gasteiger partial charge in [0.05, 0.1) is 24.6 Å². The Hall–Kier alpha value is -2.83. The molecule has 7 nitrogen and oxygen atoms in total. The van der Waals surface area contributed by atoms with E-state index >= 15 is 0 Å². The molecule has 21 heavy (non-hydrogen) atoms. The van der Waals surface area contributed by atoms with Crippen LogP contribution in [0.2, 0.25) is 0 Å². The molecule has 0 radical (unpaired) electrons. The monoisotopic (exact) mass is 286 g/mol. The Morgan fingerprint density at radius 3 is 3.10 bits per heavy atom. The van der Waals surface area contributed by atoms with Crippen LogP contribution in [0.3, 0.4) is 0 Å². The molecule has 0 saturated heterocycles. The van der Waals surface area contributed by atoms with Crippen LogP contribution in [0.15, 0.2) is 39.6 Å². The van der Waals surface area contributed by atoms with Crippen molar-refractivity contribution in [1.82, 2.24) is 20.7 Å². The van der Waals surface area contributed by atoms with Crippen molar-refractivity contribution in [2.45, 2.75) is 19.9 Å². The van der Waals surface area contributed by atoms with Gasteiger partial charge >= 0.3 is 0 Å². The molecule has 0 aliphatic rings. The summed E-state index contributed by atoms with van der Waals surface area (Å²) in [7, 11) is 0. The van der Waals surface area contributed by atoms with E-state index in [9.17, 15) is 4.79 Å². The molecule has 0 aliphatic carbocycles. The molecule has 2 N–H and O–H groups in total. The van der Waals surface area contributed by atoms with Gasteiger partial charge in [-0.05, 0) is 18.6 Å². The summed E-state index contributed by atoms with van der Waals surface area (Å²) in [5.74, 6) is 0.938. The van der Waals surface area contributed by atoms with Crippen molar-refractivity contribution in [1.29, 1.82) is 0 Å². The highest BCUT2D eigenvalue weighted by atomic mass is 16.5. The van der Waals surface area contributed by atoms with Crippen molar-refractivity contribution in [2.75, 3.05) is 0 Å². The molecule has 7 heteroatoms. The summed E-state index contributed by atoms with van der Waals surface area (Å²) in [6.07, 6.45) is 3.80. The molecule has 3 heterocycles.